The fraction of sp³-hybridized carbons (Fsp3) is 0.273. The Balaban J connectivity index is 2.73. The van der Waals surface area contributed by atoms with E-state index in [4.69, 9.17) is 16.3 Å². The van der Waals surface area contributed by atoms with Crippen LogP contribution in [0.5, 0.6) is 5.75 Å². The molecule has 74 valence electrons. The van der Waals surface area contributed by atoms with Crippen LogP contribution in [-0.2, 0) is 5.88 Å². The van der Waals surface area contributed by atoms with Crippen LogP contribution in [-0.4, -0.2) is 7.11 Å². The Bertz CT molecular complexity index is 462. The largest absolute Gasteiger partial charge is 0.497 e. The van der Waals surface area contributed by atoms with Gasteiger partial charge in [-0.3, -0.25) is 0 Å². The van der Waals surface area contributed by atoms with Gasteiger partial charge in [-0.05, 0) is 35.6 Å². The van der Waals surface area contributed by atoms with Crippen molar-refractivity contribution in [2.24, 2.45) is 0 Å². The molecule has 14 heavy (non-hydrogen) atoms. The highest BCUT2D eigenvalue weighted by Gasteiger charge is 2.07. The zero-order valence-electron chi connectivity index (χ0n) is 8.13. The Hall–Kier alpha value is -0.730. The van der Waals surface area contributed by atoms with E-state index in [2.05, 4.69) is 24.4 Å². The van der Waals surface area contributed by atoms with Crippen LogP contribution in [0.4, 0.5) is 0 Å². The van der Waals surface area contributed by atoms with Crippen LogP contribution in [0.1, 0.15) is 11.1 Å². The normalized spacial score (nSPS) is 10.8. The number of hydrogen-bond donors (Lipinski definition) is 0. The summed E-state index contributed by atoms with van der Waals surface area (Å²) < 4.78 is 6.54. The van der Waals surface area contributed by atoms with Crippen molar-refractivity contribution in [2.45, 2.75) is 12.8 Å². The van der Waals surface area contributed by atoms with Gasteiger partial charge in [-0.1, -0.05) is 0 Å². The Kier molecular flexibility index (Phi) is 2.66. The molecule has 0 aliphatic rings. The number of alkyl halides is 1. The molecule has 0 aliphatic heterocycles. The first-order valence-electron chi connectivity index (χ1n) is 4.37. The Labute approximate surface area is 92.3 Å². The fourth-order valence-electron chi connectivity index (χ4n) is 1.55. The number of halogens is 1. The summed E-state index contributed by atoms with van der Waals surface area (Å²) >= 11 is 7.61. The maximum absolute atomic E-state index is 5.86. The number of fused-ring (bicyclic) bond motifs is 1. The van der Waals surface area contributed by atoms with Gasteiger partial charge in [0, 0.05) is 16.0 Å². The topological polar surface area (TPSA) is 9.23 Å². The van der Waals surface area contributed by atoms with Crippen molar-refractivity contribution in [1.82, 2.24) is 0 Å². The molecule has 0 N–H and O–H groups in total. The number of thiophene rings is 1. The van der Waals surface area contributed by atoms with Crippen molar-refractivity contribution >= 4 is 33.0 Å². The summed E-state index contributed by atoms with van der Waals surface area (Å²) in [6.07, 6.45) is 0. The summed E-state index contributed by atoms with van der Waals surface area (Å²) in [6, 6.07) is 4.10. The lowest BCUT2D eigenvalue weighted by molar-refractivity contribution is 0.415. The van der Waals surface area contributed by atoms with E-state index >= 15 is 0 Å². The molecule has 1 aromatic heterocycles. The predicted octanol–water partition coefficient (Wildman–Crippen LogP) is 3.96. The molecule has 1 heterocycles. The number of aryl methyl sites for hydroxylation is 1. The van der Waals surface area contributed by atoms with E-state index in [1.54, 1.807) is 18.4 Å². The molecule has 3 heteroatoms. The quantitative estimate of drug-likeness (QED) is 0.705. The van der Waals surface area contributed by atoms with Gasteiger partial charge in [0.2, 0.25) is 0 Å². The molecule has 2 rings (SSSR count). The van der Waals surface area contributed by atoms with Crippen molar-refractivity contribution in [3.05, 3.63) is 28.6 Å². The molecule has 0 fully saturated rings. The standard InChI is InChI=1S/C11H11ClOS/c1-7-3-9(13-2)4-10-8(5-12)6-14-11(7)10/h3-4,6H,5H2,1-2H3. The molecular formula is C11H11ClOS. The first-order chi connectivity index (χ1) is 6.76. The van der Waals surface area contributed by atoms with Gasteiger partial charge in [0.1, 0.15) is 5.75 Å². The number of ether oxygens (including phenoxy) is 1. The van der Waals surface area contributed by atoms with E-state index < -0.39 is 0 Å². The molecule has 2 aromatic rings. The number of hydrogen-bond acceptors (Lipinski definition) is 2. The van der Waals surface area contributed by atoms with E-state index in [0.29, 0.717) is 5.88 Å². The molecule has 0 saturated heterocycles. The molecule has 1 nitrogen and oxygen atoms in total. The smallest absolute Gasteiger partial charge is 0.119 e. The summed E-state index contributed by atoms with van der Waals surface area (Å²) in [6.45, 7) is 2.10. The summed E-state index contributed by atoms with van der Waals surface area (Å²) in [5.74, 6) is 1.46. The highest BCUT2D eigenvalue weighted by Crippen LogP contribution is 2.33. The van der Waals surface area contributed by atoms with Gasteiger partial charge < -0.3 is 4.74 Å². The average molecular weight is 227 g/mol. The zero-order chi connectivity index (χ0) is 10.1. The molecule has 0 atom stereocenters. The molecule has 0 saturated carbocycles. The zero-order valence-corrected chi connectivity index (χ0v) is 9.71. The summed E-state index contributed by atoms with van der Waals surface area (Å²) in [4.78, 5) is 0. The molecule has 0 aliphatic carbocycles. The van der Waals surface area contributed by atoms with E-state index in [9.17, 15) is 0 Å². The fourth-order valence-corrected chi connectivity index (χ4v) is 2.90. The lowest BCUT2D eigenvalue weighted by Crippen LogP contribution is -1.84. The summed E-state index contributed by atoms with van der Waals surface area (Å²) in [5.41, 5.74) is 2.44. The van der Waals surface area contributed by atoms with E-state index in [-0.39, 0.29) is 0 Å². The van der Waals surface area contributed by atoms with Crippen molar-refractivity contribution in [2.75, 3.05) is 7.11 Å². The second kappa shape index (κ2) is 3.79. The minimum Gasteiger partial charge on any atom is -0.497 e. The minimum absolute atomic E-state index is 0.562. The molecule has 1 aromatic carbocycles. The molecule has 0 unspecified atom stereocenters. The van der Waals surface area contributed by atoms with Crippen molar-refractivity contribution < 1.29 is 4.74 Å². The molecule has 0 spiro atoms. The SMILES string of the molecule is COc1cc(C)c2scc(CCl)c2c1. The monoisotopic (exact) mass is 226 g/mol. The summed E-state index contributed by atoms with van der Waals surface area (Å²) in [5, 5.41) is 3.34. The van der Waals surface area contributed by atoms with Crippen LogP contribution in [0.3, 0.4) is 0 Å². The van der Waals surface area contributed by atoms with Gasteiger partial charge in [0.15, 0.2) is 0 Å². The molecule has 0 amide bonds. The van der Waals surface area contributed by atoms with Gasteiger partial charge in [-0.25, -0.2) is 0 Å². The Morgan fingerprint density at radius 3 is 2.86 bits per heavy atom. The van der Waals surface area contributed by atoms with Gasteiger partial charge >= 0.3 is 0 Å². The summed E-state index contributed by atoms with van der Waals surface area (Å²) in [7, 11) is 1.69. The van der Waals surface area contributed by atoms with Crippen molar-refractivity contribution in [1.29, 1.82) is 0 Å². The van der Waals surface area contributed by atoms with E-state index in [1.165, 1.54) is 21.2 Å². The highest BCUT2D eigenvalue weighted by atomic mass is 35.5. The Morgan fingerprint density at radius 2 is 2.21 bits per heavy atom. The second-order valence-corrected chi connectivity index (χ2v) is 4.36. The van der Waals surface area contributed by atoms with Crippen LogP contribution in [0.25, 0.3) is 10.1 Å². The average Bonchev–Trinajstić information content (AvgIpc) is 2.61. The third-order valence-corrected chi connectivity index (χ3v) is 3.76. The predicted molar refractivity (Wildman–Crippen MR) is 62.7 cm³/mol. The second-order valence-electron chi connectivity index (χ2n) is 3.22. The van der Waals surface area contributed by atoms with E-state index in [1.807, 2.05) is 0 Å². The number of rotatable bonds is 2. The van der Waals surface area contributed by atoms with Crippen LogP contribution >= 0.6 is 22.9 Å². The van der Waals surface area contributed by atoms with Gasteiger partial charge in [0.25, 0.3) is 0 Å². The number of benzene rings is 1. The van der Waals surface area contributed by atoms with Crippen LogP contribution in [0, 0.1) is 6.92 Å². The minimum atomic E-state index is 0.562. The van der Waals surface area contributed by atoms with Crippen LogP contribution in [0.2, 0.25) is 0 Å². The van der Waals surface area contributed by atoms with E-state index in [0.717, 1.165) is 5.75 Å². The lowest BCUT2D eigenvalue weighted by atomic mass is 10.1. The third-order valence-electron chi connectivity index (χ3n) is 2.29. The van der Waals surface area contributed by atoms with Crippen LogP contribution < -0.4 is 4.74 Å². The first kappa shape index (κ1) is 9.81. The van der Waals surface area contributed by atoms with Crippen LogP contribution in [0.15, 0.2) is 17.5 Å². The number of methoxy groups -OCH3 is 1. The van der Waals surface area contributed by atoms with Gasteiger partial charge in [0.05, 0.1) is 7.11 Å². The highest BCUT2D eigenvalue weighted by molar-refractivity contribution is 7.17. The van der Waals surface area contributed by atoms with Gasteiger partial charge in [-0.15, -0.1) is 22.9 Å². The van der Waals surface area contributed by atoms with Crippen molar-refractivity contribution in [3.63, 3.8) is 0 Å². The first-order valence-corrected chi connectivity index (χ1v) is 5.78. The van der Waals surface area contributed by atoms with Crippen molar-refractivity contribution in [3.8, 4) is 5.75 Å². The lowest BCUT2D eigenvalue weighted by Gasteiger charge is -2.03. The molecule has 0 bridgehead atoms. The Morgan fingerprint density at radius 1 is 1.43 bits per heavy atom. The maximum Gasteiger partial charge on any atom is 0.119 e. The van der Waals surface area contributed by atoms with Gasteiger partial charge in [-0.2, -0.15) is 0 Å². The molecule has 0 radical (unpaired) electrons. The molecular weight excluding hydrogens is 216 g/mol. The third kappa shape index (κ3) is 1.49. The maximum atomic E-state index is 5.86.